The predicted octanol–water partition coefficient (Wildman–Crippen LogP) is 7.07. The zero-order chi connectivity index (χ0) is 28.3. The highest BCUT2D eigenvalue weighted by molar-refractivity contribution is 5.92. The molecule has 1 saturated carbocycles. The number of carbonyl (C=O) groups excluding carboxylic acids is 1. The number of hydrogen-bond acceptors (Lipinski definition) is 3. The van der Waals surface area contributed by atoms with Gasteiger partial charge < -0.3 is 10.4 Å². The molecule has 5 heteroatoms. The van der Waals surface area contributed by atoms with E-state index in [9.17, 15) is 9.90 Å². The van der Waals surface area contributed by atoms with Crippen LogP contribution in [0.1, 0.15) is 78.2 Å². The first kappa shape index (κ1) is 27.2. The Morgan fingerprint density at radius 2 is 1.68 bits per heavy atom. The number of aryl methyl sites for hydroxylation is 2. The van der Waals surface area contributed by atoms with Gasteiger partial charge >= 0.3 is 0 Å². The lowest BCUT2D eigenvalue weighted by atomic mass is 9.83. The second-order valence-electron chi connectivity index (χ2n) is 11.5. The molecule has 0 saturated heterocycles. The fraction of sp³-hybridized carbons (Fsp3) is 0.333. The number of benzene rings is 3. The van der Waals surface area contributed by atoms with Crippen molar-refractivity contribution in [3.63, 3.8) is 0 Å². The molecule has 3 aromatic carbocycles. The first-order chi connectivity index (χ1) is 20.1. The standard InChI is InChI=1S/C36H39N3O2/c1-3-29-21-24(2)37-35-31(30-15-9-10-16-33(30)39(29)35)22-25-17-19-28(20-18-25)34(27-13-7-8-14-27)36(41)38-32(23-40)26-11-5-4-6-12-26/h4-6,9-12,15-21,27,32,34,40H,3,7-8,13-14,22-23H2,1-2H3,(H,38,41)/t32-,34-/m0/s1. The molecule has 0 radical (unpaired) electrons. The zero-order valence-electron chi connectivity index (χ0n) is 24.0. The summed E-state index contributed by atoms with van der Waals surface area (Å²) in [5.41, 5.74) is 8.97. The van der Waals surface area contributed by atoms with E-state index in [1.165, 1.54) is 27.7 Å². The molecule has 1 aliphatic carbocycles. The largest absolute Gasteiger partial charge is 0.394 e. The second-order valence-corrected chi connectivity index (χ2v) is 11.5. The van der Waals surface area contributed by atoms with E-state index in [2.05, 4.69) is 78.2 Å². The quantitative estimate of drug-likeness (QED) is 0.208. The maximum Gasteiger partial charge on any atom is 0.228 e. The average molecular weight is 546 g/mol. The molecule has 5 nitrogen and oxygen atoms in total. The van der Waals surface area contributed by atoms with Crippen LogP contribution in [0.15, 0.2) is 84.9 Å². The molecule has 210 valence electrons. The van der Waals surface area contributed by atoms with Crippen LogP contribution in [0.3, 0.4) is 0 Å². The summed E-state index contributed by atoms with van der Waals surface area (Å²) in [6.07, 6.45) is 6.16. The first-order valence-electron chi connectivity index (χ1n) is 15.0. The van der Waals surface area contributed by atoms with Crippen LogP contribution in [0.4, 0.5) is 0 Å². The Morgan fingerprint density at radius 3 is 2.39 bits per heavy atom. The molecule has 2 atom stereocenters. The predicted molar refractivity (Wildman–Crippen MR) is 165 cm³/mol. The van der Waals surface area contributed by atoms with Crippen molar-refractivity contribution in [3.8, 4) is 0 Å². The van der Waals surface area contributed by atoms with Crippen molar-refractivity contribution in [1.82, 2.24) is 14.7 Å². The molecule has 6 rings (SSSR count). The molecule has 1 fully saturated rings. The number of amides is 1. The molecule has 2 N–H and O–H groups in total. The number of nitrogens with zero attached hydrogens (tertiary/aromatic N) is 2. The zero-order valence-corrected chi connectivity index (χ0v) is 24.0. The van der Waals surface area contributed by atoms with Crippen molar-refractivity contribution < 1.29 is 9.90 Å². The average Bonchev–Trinajstić information content (AvgIpc) is 3.64. The molecule has 0 aliphatic heterocycles. The molecular weight excluding hydrogens is 506 g/mol. The Bertz CT molecular complexity index is 1650. The van der Waals surface area contributed by atoms with Gasteiger partial charge in [0.05, 0.1) is 24.1 Å². The van der Waals surface area contributed by atoms with Gasteiger partial charge in [0.15, 0.2) is 0 Å². The molecule has 2 aromatic heterocycles. The first-order valence-corrected chi connectivity index (χ1v) is 15.0. The van der Waals surface area contributed by atoms with E-state index in [0.29, 0.717) is 5.92 Å². The number of carbonyl (C=O) groups is 1. The molecule has 0 spiro atoms. The van der Waals surface area contributed by atoms with E-state index in [0.717, 1.165) is 61.0 Å². The lowest BCUT2D eigenvalue weighted by Gasteiger charge is -2.26. The second kappa shape index (κ2) is 11.9. The van der Waals surface area contributed by atoms with Crippen LogP contribution in [0.25, 0.3) is 16.6 Å². The van der Waals surface area contributed by atoms with Crippen LogP contribution < -0.4 is 5.32 Å². The lowest BCUT2D eigenvalue weighted by Crippen LogP contribution is -2.37. The Balaban J connectivity index is 1.31. The maximum absolute atomic E-state index is 13.8. The summed E-state index contributed by atoms with van der Waals surface area (Å²) in [6, 6.07) is 28.7. The van der Waals surface area contributed by atoms with Crippen molar-refractivity contribution in [2.45, 2.75) is 64.3 Å². The fourth-order valence-electron chi connectivity index (χ4n) is 6.80. The van der Waals surface area contributed by atoms with E-state index >= 15 is 0 Å². The highest BCUT2D eigenvalue weighted by Gasteiger charge is 2.33. The number of nitrogens with one attached hydrogen (secondary N) is 1. The van der Waals surface area contributed by atoms with E-state index in [4.69, 9.17) is 4.98 Å². The number of aliphatic hydroxyl groups excluding tert-OH is 1. The van der Waals surface area contributed by atoms with Gasteiger partial charge in [-0.15, -0.1) is 0 Å². The number of fused-ring (bicyclic) bond motifs is 3. The molecule has 1 aliphatic rings. The van der Waals surface area contributed by atoms with Crippen molar-refractivity contribution >= 4 is 22.5 Å². The van der Waals surface area contributed by atoms with Crippen LogP contribution >= 0.6 is 0 Å². The SMILES string of the molecule is CCc1cc(C)nc2c(Cc3ccc([C@@H](C(=O)N[C@@H](CO)c4ccccc4)C4CCCC4)cc3)c3ccccc3n12. The summed E-state index contributed by atoms with van der Waals surface area (Å²) in [7, 11) is 0. The molecule has 2 heterocycles. The summed E-state index contributed by atoms with van der Waals surface area (Å²) < 4.78 is 2.32. The Morgan fingerprint density at radius 1 is 0.976 bits per heavy atom. The smallest absolute Gasteiger partial charge is 0.228 e. The van der Waals surface area contributed by atoms with Gasteiger partial charge in [0.25, 0.3) is 0 Å². The van der Waals surface area contributed by atoms with Gasteiger partial charge in [-0.2, -0.15) is 0 Å². The highest BCUT2D eigenvalue weighted by Crippen LogP contribution is 2.38. The molecular formula is C36H39N3O2. The van der Waals surface area contributed by atoms with Crippen LogP contribution in [0.5, 0.6) is 0 Å². The summed E-state index contributed by atoms with van der Waals surface area (Å²) in [6.45, 7) is 4.14. The minimum atomic E-state index is -0.410. The highest BCUT2D eigenvalue weighted by atomic mass is 16.3. The van der Waals surface area contributed by atoms with Gasteiger partial charge in [-0.25, -0.2) is 4.98 Å². The van der Waals surface area contributed by atoms with Gasteiger partial charge in [0.2, 0.25) is 5.91 Å². The van der Waals surface area contributed by atoms with E-state index in [1.54, 1.807) is 0 Å². The molecule has 1 amide bonds. The van der Waals surface area contributed by atoms with Crippen LogP contribution in [0.2, 0.25) is 0 Å². The van der Waals surface area contributed by atoms with Crippen molar-refractivity contribution in [2.75, 3.05) is 6.61 Å². The Hall–Kier alpha value is -3.96. The van der Waals surface area contributed by atoms with Gasteiger partial charge in [-0.1, -0.05) is 92.6 Å². The Kier molecular flexibility index (Phi) is 7.89. The summed E-state index contributed by atoms with van der Waals surface area (Å²) in [4.78, 5) is 18.8. The monoisotopic (exact) mass is 545 g/mol. The minimum Gasteiger partial charge on any atom is -0.394 e. The molecule has 41 heavy (non-hydrogen) atoms. The molecule has 0 unspecified atom stereocenters. The van der Waals surface area contributed by atoms with E-state index in [1.807, 2.05) is 30.3 Å². The van der Waals surface area contributed by atoms with Crippen LogP contribution in [-0.2, 0) is 17.6 Å². The maximum atomic E-state index is 13.8. The summed E-state index contributed by atoms with van der Waals surface area (Å²) >= 11 is 0. The normalized spacial score (nSPS) is 15.4. The van der Waals surface area contributed by atoms with E-state index in [-0.39, 0.29) is 18.4 Å². The van der Waals surface area contributed by atoms with Crippen molar-refractivity contribution in [2.24, 2.45) is 5.92 Å². The third-order valence-corrected chi connectivity index (χ3v) is 8.83. The van der Waals surface area contributed by atoms with Gasteiger partial charge in [0, 0.05) is 28.8 Å². The third kappa shape index (κ3) is 5.39. The van der Waals surface area contributed by atoms with Crippen molar-refractivity contribution in [3.05, 3.63) is 119 Å². The fourth-order valence-corrected chi connectivity index (χ4v) is 6.80. The summed E-state index contributed by atoms with van der Waals surface area (Å²) in [5, 5.41) is 14.5. The number of para-hydroxylation sites is 1. The Labute approximate surface area is 242 Å². The number of aliphatic hydroxyl groups is 1. The van der Waals surface area contributed by atoms with Gasteiger partial charge in [-0.05, 0) is 60.9 Å². The minimum absolute atomic E-state index is 0.00347. The third-order valence-electron chi connectivity index (χ3n) is 8.83. The number of aromatic nitrogens is 2. The van der Waals surface area contributed by atoms with Crippen LogP contribution in [0, 0.1) is 12.8 Å². The topological polar surface area (TPSA) is 66.6 Å². The van der Waals surface area contributed by atoms with E-state index < -0.39 is 6.04 Å². The molecule has 5 aromatic rings. The van der Waals surface area contributed by atoms with Gasteiger partial charge in [-0.3, -0.25) is 9.20 Å². The number of hydrogen-bond donors (Lipinski definition) is 2. The lowest BCUT2D eigenvalue weighted by molar-refractivity contribution is -0.124. The molecule has 0 bridgehead atoms. The summed E-state index contributed by atoms with van der Waals surface area (Å²) in [5.74, 6) is 0.0931. The number of rotatable bonds is 9. The van der Waals surface area contributed by atoms with Crippen LogP contribution in [-0.4, -0.2) is 27.0 Å². The van der Waals surface area contributed by atoms with Crippen molar-refractivity contribution in [1.29, 1.82) is 0 Å². The van der Waals surface area contributed by atoms with Gasteiger partial charge in [0.1, 0.15) is 5.65 Å².